The number of anilines is 2. The third-order valence-corrected chi connectivity index (χ3v) is 3.57. The van der Waals surface area contributed by atoms with E-state index in [-0.39, 0.29) is 6.10 Å². The number of nitrogens with zero attached hydrogens (tertiary/aromatic N) is 2. The van der Waals surface area contributed by atoms with Crippen molar-refractivity contribution < 1.29 is 5.11 Å². The van der Waals surface area contributed by atoms with Gasteiger partial charge in [-0.15, -0.1) is 0 Å². The van der Waals surface area contributed by atoms with Gasteiger partial charge in [-0.05, 0) is 19.8 Å². The zero-order chi connectivity index (χ0) is 14.4. The Labute approximate surface area is 115 Å². The average Bonchev–Trinajstić information content (AvgIpc) is 2.40. The summed E-state index contributed by atoms with van der Waals surface area (Å²) in [5.74, 6) is 2.67. The Morgan fingerprint density at radius 1 is 1.11 bits per heavy atom. The molecule has 5 nitrogen and oxygen atoms in total. The molecule has 3 N–H and O–H groups in total. The van der Waals surface area contributed by atoms with Crippen molar-refractivity contribution in [3.63, 3.8) is 0 Å². The van der Waals surface area contributed by atoms with Crippen molar-refractivity contribution in [2.75, 3.05) is 24.2 Å². The number of aryl methyl sites for hydroxylation is 1. The first-order valence-electron chi connectivity index (χ1n) is 6.98. The quantitative estimate of drug-likeness (QED) is 0.706. The van der Waals surface area contributed by atoms with Gasteiger partial charge in [0.1, 0.15) is 17.5 Å². The molecule has 0 spiro atoms. The third kappa shape index (κ3) is 4.06. The molecule has 5 heteroatoms. The average molecular weight is 266 g/mol. The van der Waals surface area contributed by atoms with Gasteiger partial charge in [-0.2, -0.15) is 0 Å². The zero-order valence-electron chi connectivity index (χ0n) is 12.6. The molecule has 0 aliphatic carbocycles. The number of aliphatic hydroxyl groups is 1. The van der Waals surface area contributed by atoms with Crippen molar-refractivity contribution >= 4 is 11.6 Å². The van der Waals surface area contributed by atoms with Crippen molar-refractivity contribution in [1.29, 1.82) is 0 Å². The number of aromatic nitrogens is 2. The van der Waals surface area contributed by atoms with Crippen LogP contribution in [-0.4, -0.2) is 34.8 Å². The Morgan fingerprint density at radius 2 is 1.68 bits per heavy atom. The van der Waals surface area contributed by atoms with E-state index < -0.39 is 0 Å². The molecule has 0 aliphatic rings. The zero-order valence-corrected chi connectivity index (χ0v) is 12.6. The van der Waals surface area contributed by atoms with Crippen molar-refractivity contribution in [2.45, 2.75) is 46.6 Å². The highest BCUT2D eigenvalue weighted by atomic mass is 16.3. The first-order valence-corrected chi connectivity index (χ1v) is 6.98. The lowest BCUT2D eigenvalue weighted by molar-refractivity contribution is 0.114. The summed E-state index contributed by atoms with van der Waals surface area (Å²) in [4.78, 5) is 8.71. The first kappa shape index (κ1) is 15.7. The Morgan fingerprint density at radius 3 is 2.21 bits per heavy atom. The molecule has 19 heavy (non-hydrogen) atoms. The maximum atomic E-state index is 10.1. The summed E-state index contributed by atoms with van der Waals surface area (Å²) in [6.45, 7) is 8.57. The maximum absolute atomic E-state index is 10.1. The van der Waals surface area contributed by atoms with E-state index in [1.165, 1.54) is 0 Å². The van der Waals surface area contributed by atoms with Crippen LogP contribution in [0.1, 0.15) is 38.1 Å². The van der Waals surface area contributed by atoms with Crippen LogP contribution in [-0.2, 0) is 0 Å². The van der Waals surface area contributed by atoms with E-state index >= 15 is 0 Å². The highest BCUT2D eigenvalue weighted by Crippen LogP contribution is 2.20. The van der Waals surface area contributed by atoms with Crippen LogP contribution in [0.15, 0.2) is 0 Å². The number of rotatable bonds is 7. The van der Waals surface area contributed by atoms with Gasteiger partial charge in [0.15, 0.2) is 0 Å². The van der Waals surface area contributed by atoms with Gasteiger partial charge in [-0.25, -0.2) is 9.97 Å². The van der Waals surface area contributed by atoms with Crippen molar-refractivity contribution in [3.05, 3.63) is 11.4 Å². The fourth-order valence-corrected chi connectivity index (χ4v) is 2.24. The molecule has 1 aromatic heterocycles. The highest BCUT2D eigenvalue weighted by molar-refractivity contribution is 5.56. The van der Waals surface area contributed by atoms with Gasteiger partial charge in [0.05, 0.1) is 6.10 Å². The molecule has 1 unspecified atom stereocenters. The van der Waals surface area contributed by atoms with Crippen molar-refractivity contribution in [1.82, 2.24) is 9.97 Å². The van der Waals surface area contributed by atoms with Crippen LogP contribution in [0.25, 0.3) is 0 Å². The largest absolute Gasteiger partial charge is 0.391 e. The van der Waals surface area contributed by atoms with E-state index in [0.29, 0.717) is 12.5 Å². The summed E-state index contributed by atoms with van der Waals surface area (Å²) in [5, 5.41) is 16.4. The second-order valence-corrected chi connectivity index (χ2v) is 4.87. The van der Waals surface area contributed by atoms with Gasteiger partial charge in [-0.1, -0.05) is 26.7 Å². The topological polar surface area (TPSA) is 70.1 Å². The standard InChI is InChI=1S/C14H26N4O/c1-6-11(7-2)12(19)8-16-14-9(3)13(15-5)17-10(4)18-14/h11-12,19H,6-8H2,1-5H3,(H2,15,16,17,18). The predicted molar refractivity (Wildman–Crippen MR) is 79.6 cm³/mol. The highest BCUT2D eigenvalue weighted by Gasteiger charge is 2.16. The molecular formula is C14H26N4O. The van der Waals surface area contributed by atoms with Crippen LogP contribution in [0.4, 0.5) is 11.6 Å². The molecule has 0 aliphatic heterocycles. The number of nitrogens with one attached hydrogen (secondary N) is 2. The van der Waals surface area contributed by atoms with Gasteiger partial charge in [0, 0.05) is 19.2 Å². The van der Waals surface area contributed by atoms with Gasteiger partial charge in [0.25, 0.3) is 0 Å². The minimum Gasteiger partial charge on any atom is -0.391 e. The fraction of sp³-hybridized carbons (Fsp3) is 0.714. The smallest absolute Gasteiger partial charge is 0.134 e. The van der Waals surface area contributed by atoms with Gasteiger partial charge in [-0.3, -0.25) is 0 Å². The molecule has 0 amide bonds. The molecule has 0 saturated carbocycles. The van der Waals surface area contributed by atoms with Crippen LogP contribution in [0, 0.1) is 19.8 Å². The molecule has 0 saturated heterocycles. The van der Waals surface area contributed by atoms with Crippen molar-refractivity contribution in [3.8, 4) is 0 Å². The SMILES string of the molecule is CCC(CC)C(O)CNc1nc(C)nc(NC)c1C. The minimum atomic E-state index is -0.345. The molecule has 0 radical (unpaired) electrons. The van der Waals surface area contributed by atoms with E-state index in [4.69, 9.17) is 0 Å². The lowest BCUT2D eigenvalue weighted by Gasteiger charge is -2.21. The minimum absolute atomic E-state index is 0.333. The Balaban J connectivity index is 2.75. The van der Waals surface area contributed by atoms with Crippen LogP contribution < -0.4 is 10.6 Å². The number of hydrogen-bond acceptors (Lipinski definition) is 5. The summed E-state index contributed by atoms with van der Waals surface area (Å²) in [5.41, 5.74) is 0.977. The summed E-state index contributed by atoms with van der Waals surface area (Å²) in [6.07, 6.45) is 1.63. The molecule has 1 atom stereocenters. The molecule has 108 valence electrons. The summed E-state index contributed by atoms with van der Waals surface area (Å²) in [6, 6.07) is 0. The molecule has 0 fully saturated rings. The van der Waals surface area contributed by atoms with Crippen LogP contribution in [0.3, 0.4) is 0 Å². The van der Waals surface area contributed by atoms with E-state index in [2.05, 4.69) is 34.4 Å². The molecule has 0 bridgehead atoms. The van der Waals surface area contributed by atoms with Crippen LogP contribution >= 0.6 is 0 Å². The van der Waals surface area contributed by atoms with Gasteiger partial charge in [0.2, 0.25) is 0 Å². The number of hydrogen-bond donors (Lipinski definition) is 3. The van der Waals surface area contributed by atoms with Crippen LogP contribution in [0.2, 0.25) is 0 Å². The van der Waals surface area contributed by atoms with E-state index in [9.17, 15) is 5.11 Å². The molecule has 0 aromatic carbocycles. The van der Waals surface area contributed by atoms with Crippen LogP contribution in [0.5, 0.6) is 0 Å². The summed E-state index contributed by atoms with van der Waals surface area (Å²) >= 11 is 0. The summed E-state index contributed by atoms with van der Waals surface area (Å²) < 4.78 is 0. The molecule has 1 rings (SSSR count). The van der Waals surface area contributed by atoms with E-state index in [1.54, 1.807) is 0 Å². The molecule has 1 heterocycles. The Hall–Kier alpha value is -1.36. The third-order valence-electron chi connectivity index (χ3n) is 3.57. The maximum Gasteiger partial charge on any atom is 0.134 e. The second kappa shape index (κ2) is 7.28. The lowest BCUT2D eigenvalue weighted by atomic mass is 9.96. The Bertz CT molecular complexity index is 405. The lowest BCUT2D eigenvalue weighted by Crippen LogP contribution is -2.28. The molecule has 1 aromatic rings. The first-order chi connectivity index (χ1) is 9.03. The van der Waals surface area contributed by atoms with Gasteiger partial charge < -0.3 is 15.7 Å². The second-order valence-electron chi connectivity index (χ2n) is 4.87. The Kier molecular flexibility index (Phi) is 6.02. The molecular weight excluding hydrogens is 240 g/mol. The normalized spacial score (nSPS) is 12.6. The monoisotopic (exact) mass is 266 g/mol. The fourth-order valence-electron chi connectivity index (χ4n) is 2.24. The van der Waals surface area contributed by atoms with Crippen molar-refractivity contribution in [2.24, 2.45) is 5.92 Å². The van der Waals surface area contributed by atoms with Gasteiger partial charge >= 0.3 is 0 Å². The van der Waals surface area contributed by atoms with E-state index in [0.717, 1.165) is 35.9 Å². The predicted octanol–water partition coefficient (Wildman–Crippen LogP) is 2.34. The summed E-state index contributed by atoms with van der Waals surface area (Å²) in [7, 11) is 1.84. The van der Waals surface area contributed by atoms with E-state index in [1.807, 2.05) is 20.9 Å². The number of aliphatic hydroxyl groups excluding tert-OH is 1.